The number of nitrogens with zero attached hydrogens (tertiary/aromatic N) is 2. The topological polar surface area (TPSA) is 28.2 Å². The normalized spacial score (nSPS) is 21.1. The lowest BCUT2D eigenvalue weighted by atomic mass is 10.1. The van der Waals surface area contributed by atoms with Gasteiger partial charge in [-0.3, -0.25) is 0 Å². The third kappa shape index (κ3) is 3.11. The van der Waals surface area contributed by atoms with Gasteiger partial charge in [-0.15, -0.1) is 0 Å². The molecule has 94 valence electrons. The molecular weight excluding hydrogens is 210 g/mol. The van der Waals surface area contributed by atoms with Crippen LogP contribution in [0, 0.1) is 0 Å². The van der Waals surface area contributed by atoms with Crippen molar-refractivity contribution >= 4 is 11.5 Å². The van der Waals surface area contributed by atoms with Crippen LogP contribution in [0.4, 0.5) is 11.5 Å². The molecule has 2 heterocycles. The molecule has 0 bridgehead atoms. The van der Waals surface area contributed by atoms with Crippen LogP contribution < -0.4 is 10.2 Å². The molecule has 1 saturated heterocycles. The quantitative estimate of drug-likeness (QED) is 0.868. The van der Waals surface area contributed by atoms with Gasteiger partial charge < -0.3 is 10.2 Å². The van der Waals surface area contributed by atoms with E-state index in [1.807, 2.05) is 6.20 Å². The van der Waals surface area contributed by atoms with Gasteiger partial charge in [-0.2, -0.15) is 0 Å². The van der Waals surface area contributed by atoms with Crippen LogP contribution in [-0.2, 0) is 0 Å². The minimum absolute atomic E-state index is 0.648. The summed E-state index contributed by atoms with van der Waals surface area (Å²) in [6.45, 7) is 6.53. The summed E-state index contributed by atoms with van der Waals surface area (Å²) in [6, 6.07) is 4.95. The van der Waals surface area contributed by atoms with Gasteiger partial charge in [-0.05, 0) is 32.8 Å². The molecule has 1 aliphatic heterocycles. The van der Waals surface area contributed by atoms with Crippen LogP contribution in [0.5, 0.6) is 0 Å². The summed E-state index contributed by atoms with van der Waals surface area (Å²) in [4.78, 5) is 6.86. The van der Waals surface area contributed by atoms with Crippen molar-refractivity contribution in [1.82, 2.24) is 4.98 Å². The van der Waals surface area contributed by atoms with Gasteiger partial charge in [0.1, 0.15) is 5.82 Å². The lowest BCUT2D eigenvalue weighted by Crippen LogP contribution is -2.32. The molecule has 1 aliphatic rings. The first-order chi connectivity index (χ1) is 8.31. The Hall–Kier alpha value is -1.25. The zero-order chi connectivity index (χ0) is 12.1. The molecule has 1 unspecified atom stereocenters. The van der Waals surface area contributed by atoms with Crippen molar-refractivity contribution in [2.24, 2.45) is 0 Å². The van der Waals surface area contributed by atoms with Gasteiger partial charge in [0.2, 0.25) is 0 Å². The van der Waals surface area contributed by atoms with Gasteiger partial charge in [0.05, 0.1) is 0 Å². The zero-order valence-electron chi connectivity index (χ0n) is 10.9. The molecule has 0 spiro atoms. The van der Waals surface area contributed by atoms with Crippen LogP contribution in [0.15, 0.2) is 18.3 Å². The van der Waals surface area contributed by atoms with Gasteiger partial charge in [-0.1, -0.05) is 12.8 Å². The highest BCUT2D eigenvalue weighted by atomic mass is 15.2. The molecule has 0 saturated carbocycles. The predicted octanol–water partition coefficient (Wildman–Crippen LogP) is 3.28. The van der Waals surface area contributed by atoms with E-state index in [4.69, 9.17) is 0 Å². The van der Waals surface area contributed by atoms with Crippen LogP contribution in [0.25, 0.3) is 0 Å². The first kappa shape index (κ1) is 12.2. The summed E-state index contributed by atoms with van der Waals surface area (Å²) < 4.78 is 0. The number of nitrogens with one attached hydrogen (secondary N) is 1. The molecular formula is C14H23N3. The van der Waals surface area contributed by atoms with Crippen molar-refractivity contribution in [3.8, 4) is 0 Å². The van der Waals surface area contributed by atoms with Crippen molar-refractivity contribution in [2.75, 3.05) is 23.3 Å². The van der Waals surface area contributed by atoms with Crippen LogP contribution in [0.2, 0.25) is 0 Å². The number of pyridine rings is 1. The van der Waals surface area contributed by atoms with E-state index in [-0.39, 0.29) is 0 Å². The van der Waals surface area contributed by atoms with Crippen molar-refractivity contribution in [2.45, 2.75) is 45.6 Å². The average Bonchev–Trinajstić information content (AvgIpc) is 2.55. The Labute approximate surface area is 104 Å². The maximum absolute atomic E-state index is 4.33. The standard InChI is InChI=1S/C14H23N3/c1-3-15-14-11-13(8-9-16-14)17-10-6-4-5-7-12(17)2/h8-9,11-12H,3-7,10H2,1-2H3,(H,15,16). The van der Waals surface area contributed by atoms with Gasteiger partial charge in [-0.25, -0.2) is 4.98 Å². The molecule has 3 nitrogen and oxygen atoms in total. The number of hydrogen-bond donors (Lipinski definition) is 1. The van der Waals surface area contributed by atoms with Crippen LogP contribution in [0.1, 0.15) is 39.5 Å². The minimum Gasteiger partial charge on any atom is -0.370 e. The van der Waals surface area contributed by atoms with Gasteiger partial charge in [0.25, 0.3) is 0 Å². The van der Waals surface area contributed by atoms with Crippen LogP contribution in [0.3, 0.4) is 0 Å². The molecule has 0 aromatic carbocycles. The lowest BCUT2D eigenvalue weighted by molar-refractivity contribution is 0.616. The molecule has 1 N–H and O–H groups in total. The summed E-state index contributed by atoms with van der Waals surface area (Å²) in [5.41, 5.74) is 1.31. The van der Waals surface area contributed by atoms with Gasteiger partial charge in [0, 0.05) is 37.1 Å². The largest absolute Gasteiger partial charge is 0.370 e. The second kappa shape index (κ2) is 5.89. The van der Waals surface area contributed by atoms with Crippen LogP contribution in [-0.4, -0.2) is 24.1 Å². The van der Waals surface area contributed by atoms with Crippen LogP contribution >= 0.6 is 0 Å². The van der Waals surface area contributed by atoms with E-state index >= 15 is 0 Å². The Morgan fingerprint density at radius 2 is 2.29 bits per heavy atom. The third-order valence-corrected chi connectivity index (χ3v) is 3.49. The first-order valence-corrected chi connectivity index (χ1v) is 6.78. The van der Waals surface area contributed by atoms with Crippen molar-refractivity contribution in [3.63, 3.8) is 0 Å². The number of anilines is 2. The Morgan fingerprint density at radius 3 is 3.12 bits per heavy atom. The maximum Gasteiger partial charge on any atom is 0.127 e. The van der Waals surface area contributed by atoms with E-state index < -0.39 is 0 Å². The summed E-state index contributed by atoms with van der Waals surface area (Å²) in [7, 11) is 0. The Bertz CT molecular complexity index is 351. The SMILES string of the molecule is CCNc1cc(N2CCCCCC2C)ccn1. The number of hydrogen-bond acceptors (Lipinski definition) is 3. The molecule has 3 heteroatoms. The first-order valence-electron chi connectivity index (χ1n) is 6.78. The zero-order valence-corrected chi connectivity index (χ0v) is 10.9. The highest BCUT2D eigenvalue weighted by Gasteiger charge is 2.17. The Kier molecular flexibility index (Phi) is 4.24. The maximum atomic E-state index is 4.33. The van der Waals surface area contributed by atoms with E-state index in [1.165, 1.54) is 37.9 Å². The molecule has 1 atom stereocenters. The van der Waals surface area contributed by atoms with E-state index in [1.54, 1.807) is 0 Å². The van der Waals surface area contributed by atoms with Crippen molar-refractivity contribution in [1.29, 1.82) is 0 Å². The highest BCUT2D eigenvalue weighted by molar-refractivity contribution is 5.54. The molecule has 0 amide bonds. The summed E-state index contributed by atoms with van der Waals surface area (Å²) in [6.07, 6.45) is 7.25. The monoisotopic (exact) mass is 233 g/mol. The number of aromatic nitrogens is 1. The van der Waals surface area contributed by atoms with E-state index in [9.17, 15) is 0 Å². The molecule has 2 rings (SSSR count). The van der Waals surface area contributed by atoms with E-state index in [0.29, 0.717) is 6.04 Å². The molecule has 0 aliphatic carbocycles. The summed E-state index contributed by atoms with van der Waals surface area (Å²) >= 11 is 0. The fourth-order valence-electron chi connectivity index (χ4n) is 2.53. The minimum atomic E-state index is 0.648. The highest BCUT2D eigenvalue weighted by Crippen LogP contribution is 2.25. The van der Waals surface area contributed by atoms with E-state index in [2.05, 4.69) is 41.2 Å². The predicted molar refractivity (Wildman–Crippen MR) is 73.7 cm³/mol. The number of rotatable bonds is 3. The average molecular weight is 233 g/mol. The van der Waals surface area contributed by atoms with E-state index in [0.717, 1.165) is 12.4 Å². The smallest absolute Gasteiger partial charge is 0.127 e. The molecule has 1 aromatic heterocycles. The second-order valence-corrected chi connectivity index (χ2v) is 4.82. The fraction of sp³-hybridized carbons (Fsp3) is 0.643. The second-order valence-electron chi connectivity index (χ2n) is 4.82. The van der Waals surface area contributed by atoms with Gasteiger partial charge in [0.15, 0.2) is 0 Å². The Balaban J connectivity index is 2.16. The fourth-order valence-corrected chi connectivity index (χ4v) is 2.53. The molecule has 0 radical (unpaired) electrons. The summed E-state index contributed by atoms with van der Waals surface area (Å²) in [5, 5.41) is 3.28. The lowest BCUT2D eigenvalue weighted by Gasteiger charge is -2.29. The molecule has 1 aromatic rings. The molecule has 1 fully saturated rings. The third-order valence-electron chi connectivity index (χ3n) is 3.49. The summed E-state index contributed by atoms with van der Waals surface area (Å²) in [5.74, 6) is 0.987. The van der Waals surface area contributed by atoms with Crippen molar-refractivity contribution < 1.29 is 0 Å². The Morgan fingerprint density at radius 1 is 1.41 bits per heavy atom. The van der Waals surface area contributed by atoms with Gasteiger partial charge >= 0.3 is 0 Å². The van der Waals surface area contributed by atoms with Crippen molar-refractivity contribution in [3.05, 3.63) is 18.3 Å². The molecule has 17 heavy (non-hydrogen) atoms.